The van der Waals surface area contributed by atoms with Gasteiger partial charge in [-0.3, -0.25) is 9.59 Å². The average Bonchev–Trinajstić information content (AvgIpc) is 2.57. The Labute approximate surface area is 156 Å². The van der Waals surface area contributed by atoms with Crippen molar-refractivity contribution in [3.05, 3.63) is 29.3 Å². The fourth-order valence-electron chi connectivity index (χ4n) is 3.19. The second-order valence-corrected chi connectivity index (χ2v) is 6.45. The van der Waals surface area contributed by atoms with Crippen LogP contribution in [0.15, 0.2) is 18.2 Å². The molecule has 2 rings (SSSR count). The standard InChI is InChI=1S/C17H20BBrO6/c1-2-24-14(21)7-6-11-4-3-5-12-15(11)25-9-8-16(12,13(20)10-19)17(18,22)23/h3-5,22-23H,2,6-10H2,1H3. The molecule has 0 bridgehead atoms. The maximum absolute atomic E-state index is 12.6. The Morgan fingerprint density at radius 2 is 2.16 bits per heavy atom. The van der Waals surface area contributed by atoms with E-state index in [2.05, 4.69) is 15.9 Å². The molecule has 6 nitrogen and oxygen atoms in total. The van der Waals surface area contributed by atoms with Crippen molar-refractivity contribution in [2.45, 2.75) is 37.3 Å². The summed E-state index contributed by atoms with van der Waals surface area (Å²) in [5.41, 5.74) is -3.45. The summed E-state index contributed by atoms with van der Waals surface area (Å²) >= 11 is 3.09. The van der Waals surface area contributed by atoms with Gasteiger partial charge in [-0.25, -0.2) is 0 Å². The summed E-state index contributed by atoms with van der Waals surface area (Å²) < 4.78 is 10.6. The Hall–Kier alpha value is -1.38. The minimum atomic E-state index is -2.74. The lowest BCUT2D eigenvalue weighted by Gasteiger charge is -2.45. The van der Waals surface area contributed by atoms with E-state index in [1.54, 1.807) is 25.1 Å². The SMILES string of the molecule is [B]C(O)(O)C1(C(=O)CBr)CCOc2c(CCC(=O)OCC)cccc21. The van der Waals surface area contributed by atoms with E-state index in [-0.39, 0.29) is 30.7 Å². The van der Waals surface area contributed by atoms with E-state index in [0.717, 1.165) is 0 Å². The molecule has 134 valence electrons. The van der Waals surface area contributed by atoms with Crippen LogP contribution < -0.4 is 4.74 Å². The molecule has 25 heavy (non-hydrogen) atoms. The van der Waals surface area contributed by atoms with E-state index in [9.17, 15) is 19.8 Å². The number of aliphatic hydroxyl groups is 2. The van der Waals surface area contributed by atoms with Crippen LogP contribution in [0.4, 0.5) is 0 Å². The van der Waals surface area contributed by atoms with E-state index in [1.165, 1.54) is 0 Å². The van der Waals surface area contributed by atoms with Gasteiger partial charge in [0.25, 0.3) is 0 Å². The van der Waals surface area contributed by atoms with Gasteiger partial charge in [-0.15, -0.1) is 0 Å². The molecule has 1 heterocycles. The molecule has 2 radical (unpaired) electrons. The average molecular weight is 411 g/mol. The molecule has 0 fully saturated rings. The first-order valence-electron chi connectivity index (χ1n) is 8.01. The maximum atomic E-state index is 12.6. The highest BCUT2D eigenvalue weighted by Gasteiger charge is 2.55. The Kier molecular flexibility index (Phi) is 6.29. The number of aryl methyl sites for hydroxylation is 1. The zero-order chi connectivity index (χ0) is 18.7. The van der Waals surface area contributed by atoms with E-state index in [0.29, 0.717) is 29.9 Å². The summed E-state index contributed by atoms with van der Waals surface area (Å²) in [6.07, 6.45) is 0.531. The summed E-state index contributed by atoms with van der Waals surface area (Å²) in [5.74, 6) is -0.423. The molecule has 2 N–H and O–H groups in total. The van der Waals surface area contributed by atoms with Gasteiger partial charge in [0.05, 0.1) is 18.5 Å². The van der Waals surface area contributed by atoms with Crippen LogP contribution in [0.25, 0.3) is 0 Å². The third kappa shape index (κ3) is 3.76. The zero-order valence-corrected chi connectivity index (χ0v) is 15.5. The summed E-state index contributed by atoms with van der Waals surface area (Å²) in [6, 6.07) is 5.03. The highest BCUT2D eigenvalue weighted by atomic mass is 79.9. The molecule has 0 amide bonds. The van der Waals surface area contributed by atoms with E-state index >= 15 is 0 Å². The quantitative estimate of drug-likeness (QED) is 0.301. The number of hydrogen-bond acceptors (Lipinski definition) is 6. The molecule has 1 aromatic rings. The second kappa shape index (κ2) is 7.89. The van der Waals surface area contributed by atoms with Gasteiger partial charge in [0.2, 0.25) is 0 Å². The van der Waals surface area contributed by atoms with Crippen LogP contribution in [0.5, 0.6) is 5.75 Å². The predicted octanol–water partition coefficient (Wildman–Crippen LogP) is 0.973. The minimum Gasteiger partial charge on any atom is -0.493 e. The number of hydrogen-bond donors (Lipinski definition) is 2. The van der Waals surface area contributed by atoms with Gasteiger partial charge >= 0.3 is 5.97 Å². The van der Waals surface area contributed by atoms with E-state index in [4.69, 9.17) is 17.3 Å². The normalized spacial score (nSPS) is 19.7. The van der Waals surface area contributed by atoms with Crippen LogP contribution >= 0.6 is 15.9 Å². The molecular formula is C17H20BBrO6. The number of ether oxygens (including phenoxy) is 2. The van der Waals surface area contributed by atoms with Crippen molar-refractivity contribution in [1.82, 2.24) is 0 Å². The van der Waals surface area contributed by atoms with Crippen LogP contribution in [0.3, 0.4) is 0 Å². The Morgan fingerprint density at radius 1 is 1.44 bits per heavy atom. The predicted molar refractivity (Wildman–Crippen MR) is 94.9 cm³/mol. The molecule has 0 spiro atoms. The number of rotatable bonds is 7. The highest BCUT2D eigenvalue weighted by molar-refractivity contribution is 9.09. The van der Waals surface area contributed by atoms with Gasteiger partial charge in [0.1, 0.15) is 16.9 Å². The molecule has 0 aliphatic carbocycles. The number of alkyl halides is 1. The van der Waals surface area contributed by atoms with Gasteiger partial charge in [0.15, 0.2) is 13.6 Å². The Bertz CT molecular complexity index is 657. The van der Waals surface area contributed by atoms with Crippen molar-refractivity contribution >= 4 is 35.5 Å². The molecule has 1 atom stereocenters. The number of fused-ring (bicyclic) bond motifs is 1. The van der Waals surface area contributed by atoms with Crippen molar-refractivity contribution in [3.8, 4) is 5.75 Å². The van der Waals surface area contributed by atoms with Gasteiger partial charge in [-0.05, 0) is 18.9 Å². The fourth-order valence-corrected chi connectivity index (χ4v) is 3.67. The van der Waals surface area contributed by atoms with Crippen molar-refractivity contribution in [3.63, 3.8) is 0 Å². The first-order chi connectivity index (χ1) is 11.8. The number of esters is 1. The fraction of sp³-hybridized carbons (Fsp3) is 0.529. The van der Waals surface area contributed by atoms with Gasteiger partial charge in [-0.1, -0.05) is 34.1 Å². The van der Waals surface area contributed by atoms with E-state index < -0.39 is 16.9 Å². The number of carbonyl (C=O) groups excluding carboxylic acids is 2. The van der Waals surface area contributed by atoms with Crippen LogP contribution in [0.2, 0.25) is 0 Å². The smallest absolute Gasteiger partial charge is 0.306 e. The monoisotopic (exact) mass is 410 g/mol. The molecule has 0 saturated heterocycles. The van der Waals surface area contributed by atoms with Crippen LogP contribution in [0, 0.1) is 0 Å². The summed E-state index contributed by atoms with van der Waals surface area (Å²) in [4.78, 5) is 24.2. The zero-order valence-electron chi connectivity index (χ0n) is 14.0. The van der Waals surface area contributed by atoms with E-state index in [1.807, 2.05) is 0 Å². The molecule has 8 heteroatoms. The lowest BCUT2D eigenvalue weighted by atomic mass is 9.60. The van der Waals surface area contributed by atoms with Crippen LogP contribution in [0.1, 0.15) is 30.9 Å². The summed E-state index contributed by atoms with van der Waals surface area (Å²) in [5, 5.41) is 20.3. The first-order valence-corrected chi connectivity index (χ1v) is 9.13. The lowest BCUT2D eigenvalue weighted by molar-refractivity contribution is -0.166. The van der Waals surface area contributed by atoms with Crippen LogP contribution in [-0.2, 0) is 26.2 Å². The molecule has 1 aliphatic rings. The lowest BCUT2D eigenvalue weighted by Crippen LogP contribution is -2.59. The van der Waals surface area contributed by atoms with Crippen LogP contribution in [-0.4, -0.2) is 54.0 Å². The Balaban J connectivity index is 2.46. The molecule has 1 unspecified atom stereocenters. The van der Waals surface area contributed by atoms with Crippen molar-refractivity contribution < 1.29 is 29.3 Å². The number of carbonyl (C=O) groups is 2. The molecule has 1 aliphatic heterocycles. The summed E-state index contributed by atoms with van der Waals surface area (Å²) in [7, 11) is 5.59. The molecular weight excluding hydrogens is 391 g/mol. The Morgan fingerprint density at radius 3 is 2.76 bits per heavy atom. The maximum Gasteiger partial charge on any atom is 0.306 e. The largest absolute Gasteiger partial charge is 0.493 e. The van der Waals surface area contributed by atoms with Gasteiger partial charge in [-0.2, -0.15) is 0 Å². The number of Topliss-reactive ketones (excluding diaryl/α,β-unsaturated/α-hetero) is 1. The molecule has 0 aromatic heterocycles. The number of para-hydroxylation sites is 1. The highest BCUT2D eigenvalue weighted by Crippen LogP contribution is 2.46. The minimum absolute atomic E-state index is 0.0370. The van der Waals surface area contributed by atoms with Crippen molar-refractivity contribution in [1.29, 1.82) is 0 Å². The van der Waals surface area contributed by atoms with Crippen molar-refractivity contribution in [2.24, 2.45) is 0 Å². The topological polar surface area (TPSA) is 93.1 Å². The number of benzene rings is 1. The summed E-state index contributed by atoms with van der Waals surface area (Å²) in [6.45, 7) is 2.13. The number of ketones is 1. The second-order valence-electron chi connectivity index (χ2n) is 5.89. The third-order valence-electron chi connectivity index (χ3n) is 4.41. The van der Waals surface area contributed by atoms with Crippen molar-refractivity contribution in [2.75, 3.05) is 18.5 Å². The number of halogens is 1. The third-order valence-corrected chi connectivity index (χ3v) is 4.92. The molecule has 1 aromatic carbocycles. The first kappa shape index (κ1) is 19.9. The van der Waals surface area contributed by atoms with Gasteiger partial charge in [0, 0.05) is 18.4 Å². The van der Waals surface area contributed by atoms with Gasteiger partial charge < -0.3 is 19.7 Å². The molecule has 0 saturated carbocycles.